The van der Waals surface area contributed by atoms with Crippen molar-refractivity contribution in [3.63, 3.8) is 0 Å². The van der Waals surface area contributed by atoms with E-state index in [2.05, 4.69) is 22.4 Å². The normalized spacial score (nSPS) is 13.7. The van der Waals surface area contributed by atoms with Crippen molar-refractivity contribution in [1.82, 2.24) is 14.9 Å². The standard InChI is InChI=1S/C23H23N3O2S/c27-21(19-16-24-23-26(22(19)28)14-15-29-23)25-20(18-11-5-2-6-12-18)13-7-10-17-8-3-1-4-9-17/h1-6,8-9,11-12,16,20H,7,10,13-15H2,(H,25,27). The predicted octanol–water partition coefficient (Wildman–Crippen LogP) is 3.84. The van der Waals surface area contributed by atoms with E-state index < -0.39 is 0 Å². The molecule has 148 valence electrons. The molecule has 0 radical (unpaired) electrons. The summed E-state index contributed by atoms with van der Waals surface area (Å²) in [7, 11) is 0. The fourth-order valence-corrected chi connectivity index (χ4v) is 4.49. The first-order chi connectivity index (χ1) is 14.2. The Kier molecular flexibility index (Phi) is 6.10. The van der Waals surface area contributed by atoms with Gasteiger partial charge in [-0.25, -0.2) is 4.98 Å². The molecular formula is C23H23N3O2S. The summed E-state index contributed by atoms with van der Waals surface area (Å²) in [5, 5.41) is 3.76. The highest BCUT2D eigenvalue weighted by atomic mass is 32.2. The van der Waals surface area contributed by atoms with Gasteiger partial charge in [0.1, 0.15) is 5.56 Å². The van der Waals surface area contributed by atoms with E-state index in [4.69, 9.17) is 0 Å². The molecule has 1 aliphatic rings. The van der Waals surface area contributed by atoms with Gasteiger partial charge in [0, 0.05) is 18.5 Å². The minimum Gasteiger partial charge on any atom is -0.345 e. The third kappa shape index (κ3) is 4.59. The van der Waals surface area contributed by atoms with Crippen LogP contribution >= 0.6 is 11.8 Å². The van der Waals surface area contributed by atoms with E-state index in [1.807, 2.05) is 48.5 Å². The molecule has 0 saturated carbocycles. The van der Waals surface area contributed by atoms with Crippen LogP contribution in [0.4, 0.5) is 0 Å². The molecule has 1 aliphatic heterocycles. The second-order valence-electron chi connectivity index (χ2n) is 7.07. The van der Waals surface area contributed by atoms with E-state index in [1.165, 1.54) is 11.8 Å². The second-order valence-corrected chi connectivity index (χ2v) is 8.14. The van der Waals surface area contributed by atoms with Crippen LogP contribution in [0, 0.1) is 0 Å². The fourth-order valence-electron chi connectivity index (χ4n) is 3.57. The van der Waals surface area contributed by atoms with Gasteiger partial charge in [0.25, 0.3) is 11.5 Å². The van der Waals surface area contributed by atoms with E-state index in [0.29, 0.717) is 11.7 Å². The second kappa shape index (κ2) is 9.09. The molecule has 6 heteroatoms. The molecule has 0 fully saturated rings. The Bertz CT molecular complexity index is 1030. The largest absolute Gasteiger partial charge is 0.345 e. The molecule has 1 unspecified atom stereocenters. The number of carbonyl (C=O) groups is 1. The summed E-state index contributed by atoms with van der Waals surface area (Å²) in [6, 6.07) is 20.1. The predicted molar refractivity (Wildman–Crippen MR) is 115 cm³/mol. The molecule has 1 N–H and O–H groups in total. The molecule has 2 heterocycles. The number of nitrogens with zero attached hydrogens (tertiary/aromatic N) is 2. The van der Waals surface area contributed by atoms with Crippen molar-refractivity contribution in [1.29, 1.82) is 0 Å². The number of nitrogens with one attached hydrogen (secondary N) is 1. The number of carbonyl (C=O) groups excluding carboxylic acids is 1. The highest BCUT2D eigenvalue weighted by Crippen LogP contribution is 2.22. The first kappa shape index (κ1) is 19.5. The highest BCUT2D eigenvalue weighted by molar-refractivity contribution is 7.99. The molecule has 4 rings (SSSR count). The van der Waals surface area contributed by atoms with Gasteiger partial charge in [0.15, 0.2) is 5.16 Å². The topological polar surface area (TPSA) is 64.0 Å². The van der Waals surface area contributed by atoms with E-state index in [0.717, 1.165) is 30.6 Å². The number of hydrogen-bond acceptors (Lipinski definition) is 4. The number of fused-ring (bicyclic) bond motifs is 1. The highest BCUT2D eigenvalue weighted by Gasteiger charge is 2.22. The van der Waals surface area contributed by atoms with Crippen LogP contribution in [0.15, 0.2) is 76.8 Å². The zero-order valence-corrected chi connectivity index (χ0v) is 16.9. The third-order valence-corrected chi connectivity index (χ3v) is 6.08. The average molecular weight is 406 g/mol. The van der Waals surface area contributed by atoms with Crippen molar-refractivity contribution in [3.8, 4) is 0 Å². The number of amides is 1. The molecular weight excluding hydrogens is 382 g/mol. The Morgan fingerprint density at radius 3 is 2.59 bits per heavy atom. The summed E-state index contributed by atoms with van der Waals surface area (Å²) in [5.74, 6) is 0.461. The number of benzene rings is 2. The maximum atomic E-state index is 12.9. The molecule has 0 aliphatic carbocycles. The first-order valence-corrected chi connectivity index (χ1v) is 10.8. The number of aryl methyl sites for hydroxylation is 1. The van der Waals surface area contributed by atoms with Crippen molar-refractivity contribution < 1.29 is 4.79 Å². The van der Waals surface area contributed by atoms with Crippen molar-refractivity contribution in [2.75, 3.05) is 5.75 Å². The SMILES string of the molecule is O=C(NC(CCCc1ccccc1)c1ccccc1)c1cnc2n(c1=O)CCS2. The average Bonchev–Trinajstić information content (AvgIpc) is 3.24. The van der Waals surface area contributed by atoms with Crippen molar-refractivity contribution in [2.24, 2.45) is 0 Å². The van der Waals surface area contributed by atoms with Gasteiger partial charge < -0.3 is 5.32 Å². The lowest BCUT2D eigenvalue weighted by molar-refractivity contribution is 0.0931. The van der Waals surface area contributed by atoms with Gasteiger partial charge in [-0.05, 0) is 30.4 Å². The Labute approximate surface area is 174 Å². The van der Waals surface area contributed by atoms with Gasteiger partial charge in [-0.2, -0.15) is 0 Å². The van der Waals surface area contributed by atoms with Crippen molar-refractivity contribution >= 4 is 17.7 Å². The summed E-state index contributed by atoms with van der Waals surface area (Å²) in [6.45, 7) is 0.603. The zero-order chi connectivity index (χ0) is 20.1. The number of thioether (sulfide) groups is 1. The number of hydrogen-bond donors (Lipinski definition) is 1. The Balaban J connectivity index is 1.49. The van der Waals surface area contributed by atoms with Crippen LogP contribution in [-0.2, 0) is 13.0 Å². The van der Waals surface area contributed by atoms with E-state index in [9.17, 15) is 9.59 Å². The van der Waals surface area contributed by atoms with Crippen LogP contribution in [0.2, 0.25) is 0 Å². The van der Waals surface area contributed by atoms with E-state index in [1.54, 1.807) is 16.3 Å². The fraction of sp³-hybridized carbons (Fsp3) is 0.261. The molecule has 1 atom stereocenters. The lowest BCUT2D eigenvalue weighted by atomic mass is 9.98. The minimum absolute atomic E-state index is 0.111. The first-order valence-electron chi connectivity index (χ1n) is 9.85. The van der Waals surface area contributed by atoms with Gasteiger partial charge in [-0.15, -0.1) is 0 Å². The maximum absolute atomic E-state index is 12.9. The van der Waals surface area contributed by atoms with Crippen LogP contribution in [0.3, 0.4) is 0 Å². The molecule has 5 nitrogen and oxygen atoms in total. The molecule has 0 saturated heterocycles. The van der Waals surface area contributed by atoms with Crippen LogP contribution in [0.1, 0.15) is 40.4 Å². The molecule has 3 aromatic rings. The Morgan fingerprint density at radius 1 is 1.10 bits per heavy atom. The van der Waals surface area contributed by atoms with Gasteiger partial charge in [0.05, 0.1) is 6.04 Å². The van der Waals surface area contributed by atoms with Crippen LogP contribution in [-0.4, -0.2) is 21.2 Å². The third-order valence-electron chi connectivity index (χ3n) is 5.11. The monoisotopic (exact) mass is 405 g/mol. The summed E-state index contributed by atoms with van der Waals surface area (Å²) in [6.07, 6.45) is 4.08. The van der Waals surface area contributed by atoms with E-state index >= 15 is 0 Å². The lowest BCUT2D eigenvalue weighted by Gasteiger charge is -2.19. The summed E-state index contributed by atoms with van der Waals surface area (Å²) >= 11 is 1.54. The summed E-state index contributed by atoms with van der Waals surface area (Å²) in [5.41, 5.74) is 2.18. The lowest BCUT2D eigenvalue weighted by Crippen LogP contribution is -2.35. The van der Waals surface area contributed by atoms with Crippen LogP contribution < -0.4 is 10.9 Å². The molecule has 0 bridgehead atoms. The van der Waals surface area contributed by atoms with Gasteiger partial charge >= 0.3 is 0 Å². The maximum Gasteiger partial charge on any atom is 0.267 e. The summed E-state index contributed by atoms with van der Waals surface area (Å²) < 4.78 is 1.59. The van der Waals surface area contributed by atoms with Gasteiger partial charge in [0.2, 0.25) is 0 Å². The Hall–Kier alpha value is -2.86. The quantitative estimate of drug-likeness (QED) is 0.607. The smallest absolute Gasteiger partial charge is 0.267 e. The number of aromatic nitrogens is 2. The Morgan fingerprint density at radius 2 is 1.83 bits per heavy atom. The molecule has 29 heavy (non-hydrogen) atoms. The molecule has 2 aromatic carbocycles. The zero-order valence-electron chi connectivity index (χ0n) is 16.1. The molecule has 1 amide bonds. The minimum atomic E-state index is -0.358. The van der Waals surface area contributed by atoms with Crippen LogP contribution in [0.25, 0.3) is 0 Å². The molecule has 1 aromatic heterocycles. The van der Waals surface area contributed by atoms with Crippen LogP contribution in [0.5, 0.6) is 0 Å². The van der Waals surface area contributed by atoms with Crippen molar-refractivity contribution in [2.45, 2.75) is 37.0 Å². The van der Waals surface area contributed by atoms with Gasteiger partial charge in [-0.1, -0.05) is 72.4 Å². The summed E-state index contributed by atoms with van der Waals surface area (Å²) in [4.78, 5) is 29.9. The van der Waals surface area contributed by atoms with Crippen molar-refractivity contribution in [3.05, 3.63) is 93.9 Å². The van der Waals surface area contributed by atoms with E-state index in [-0.39, 0.29) is 23.1 Å². The number of rotatable bonds is 7. The molecule has 0 spiro atoms. The van der Waals surface area contributed by atoms with Gasteiger partial charge in [-0.3, -0.25) is 14.2 Å².